The standard InChI is InChI=1S/C21H34O5/c1-7-11(2)16-19(5)15-12(3)8-18(4,24)9-13(15)21(26,20(16,6)25)14(10-22)17(19)23/h10-13,15-16,22,24-26H,7-9H2,1-6H3/b14-10+/t11-,12-,13+,15+,16+,18-,19-,20-,21+/m1/s1. The number of hydrogen-bond donors (Lipinski definition) is 4. The average Bonchev–Trinajstić information content (AvgIpc) is 2.50. The summed E-state index contributed by atoms with van der Waals surface area (Å²) in [4.78, 5) is 13.5. The van der Waals surface area contributed by atoms with Crippen LogP contribution >= 0.6 is 0 Å². The topological polar surface area (TPSA) is 98.0 Å². The van der Waals surface area contributed by atoms with E-state index in [0.29, 0.717) is 19.1 Å². The second kappa shape index (κ2) is 5.55. The van der Waals surface area contributed by atoms with Gasteiger partial charge in [0.25, 0.3) is 0 Å². The first-order valence-corrected chi connectivity index (χ1v) is 9.87. The summed E-state index contributed by atoms with van der Waals surface area (Å²) >= 11 is 0. The van der Waals surface area contributed by atoms with Crippen LogP contribution < -0.4 is 0 Å². The fourth-order valence-electron chi connectivity index (χ4n) is 7.49. The van der Waals surface area contributed by atoms with Crippen molar-refractivity contribution in [1.29, 1.82) is 0 Å². The van der Waals surface area contributed by atoms with Crippen LogP contribution in [0.5, 0.6) is 0 Å². The van der Waals surface area contributed by atoms with Crippen LogP contribution in [0.3, 0.4) is 0 Å². The first-order valence-electron chi connectivity index (χ1n) is 9.87. The van der Waals surface area contributed by atoms with Crippen LogP contribution in [-0.2, 0) is 4.79 Å². The zero-order chi connectivity index (χ0) is 19.9. The minimum atomic E-state index is -1.87. The molecule has 0 unspecified atom stereocenters. The van der Waals surface area contributed by atoms with Gasteiger partial charge in [-0.1, -0.05) is 34.1 Å². The van der Waals surface area contributed by atoms with Crippen molar-refractivity contribution in [3.63, 3.8) is 0 Å². The Balaban J connectivity index is 2.32. The Morgan fingerprint density at radius 2 is 1.77 bits per heavy atom. The van der Waals surface area contributed by atoms with Gasteiger partial charge < -0.3 is 20.4 Å². The highest BCUT2D eigenvalue weighted by Gasteiger charge is 2.79. The number of hydrogen-bond acceptors (Lipinski definition) is 5. The minimum absolute atomic E-state index is 0.0205. The highest BCUT2D eigenvalue weighted by atomic mass is 16.4. The Hall–Kier alpha value is -0.910. The number of carbonyl (C=O) groups is 1. The predicted molar refractivity (Wildman–Crippen MR) is 98.3 cm³/mol. The van der Waals surface area contributed by atoms with E-state index in [0.717, 1.165) is 6.42 Å². The Labute approximate surface area is 156 Å². The lowest BCUT2D eigenvalue weighted by Crippen LogP contribution is -2.81. The van der Waals surface area contributed by atoms with Gasteiger partial charge in [-0.15, -0.1) is 0 Å². The molecule has 4 N–H and O–H groups in total. The molecular formula is C21H34O5. The molecule has 0 spiro atoms. The Kier molecular flexibility index (Phi) is 4.24. The van der Waals surface area contributed by atoms with E-state index in [2.05, 4.69) is 0 Å². The SMILES string of the molecule is CC[C@@H](C)[C@H]1[C@]2(C)C(=O)/C(=C\O)[C@@](O)([C@H]3C[C@](C)(O)C[C@@H](C)[C@@H]32)[C@]1(C)O. The van der Waals surface area contributed by atoms with Crippen molar-refractivity contribution in [2.24, 2.45) is 35.0 Å². The summed E-state index contributed by atoms with van der Waals surface area (Å²) in [6.07, 6.45) is 2.32. The van der Waals surface area contributed by atoms with E-state index >= 15 is 0 Å². The summed E-state index contributed by atoms with van der Waals surface area (Å²) in [5.74, 6) is -1.27. The van der Waals surface area contributed by atoms with Gasteiger partial charge in [0.05, 0.1) is 23.0 Å². The molecule has 9 atom stereocenters. The van der Waals surface area contributed by atoms with Crippen LogP contribution in [0.1, 0.15) is 60.8 Å². The van der Waals surface area contributed by atoms with Gasteiger partial charge in [0.15, 0.2) is 5.78 Å². The fourth-order valence-corrected chi connectivity index (χ4v) is 7.49. The molecule has 0 aromatic carbocycles. The summed E-state index contributed by atoms with van der Waals surface area (Å²) in [6, 6.07) is 0. The molecule has 4 aliphatic rings. The van der Waals surface area contributed by atoms with Gasteiger partial charge in [-0.25, -0.2) is 0 Å². The van der Waals surface area contributed by atoms with Crippen LogP contribution in [0.25, 0.3) is 0 Å². The lowest BCUT2D eigenvalue weighted by atomic mass is 9.33. The third-order valence-corrected chi connectivity index (χ3v) is 8.21. The molecule has 0 radical (unpaired) electrons. The van der Waals surface area contributed by atoms with E-state index in [4.69, 9.17) is 0 Å². The molecule has 0 aromatic heterocycles. The van der Waals surface area contributed by atoms with Crippen LogP contribution in [-0.4, -0.2) is 43.0 Å². The van der Waals surface area contributed by atoms with Crippen molar-refractivity contribution in [3.8, 4) is 0 Å². The van der Waals surface area contributed by atoms with Gasteiger partial charge in [0.1, 0.15) is 5.60 Å². The average molecular weight is 366 g/mol. The Morgan fingerprint density at radius 1 is 1.19 bits per heavy atom. The van der Waals surface area contributed by atoms with Gasteiger partial charge in [-0.3, -0.25) is 4.79 Å². The molecule has 0 amide bonds. The molecule has 5 heteroatoms. The maximum atomic E-state index is 13.5. The maximum absolute atomic E-state index is 13.5. The zero-order valence-electron chi connectivity index (χ0n) is 16.8. The van der Waals surface area contributed by atoms with Crippen LogP contribution in [0, 0.1) is 35.0 Å². The third kappa shape index (κ3) is 2.05. The largest absolute Gasteiger partial charge is 0.515 e. The van der Waals surface area contributed by atoms with E-state index in [1.54, 1.807) is 13.8 Å². The molecule has 2 bridgehead atoms. The number of aliphatic hydroxyl groups is 4. The first kappa shape index (κ1) is 19.8. The van der Waals surface area contributed by atoms with Crippen molar-refractivity contribution in [3.05, 3.63) is 11.8 Å². The van der Waals surface area contributed by atoms with E-state index < -0.39 is 34.1 Å². The summed E-state index contributed by atoms with van der Waals surface area (Å²) in [6.45, 7) is 11.3. The third-order valence-electron chi connectivity index (χ3n) is 8.21. The molecule has 4 rings (SSSR count). The summed E-state index contributed by atoms with van der Waals surface area (Å²) in [5.41, 5.74) is -5.41. The Bertz CT molecular complexity index is 651. The van der Waals surface area contributed by atoms with E-state index in [1.165, 1.54) is 0 Å². The van der Waals surface area contributed by atoms with E-state index in [9.17, 15) is 25.2 Å². The lowest BCUT2D eigenvalue weighted by molar-refractivity contribution is -0.301. The highest BCUT2D eigenvalue weighted by Crippen LogP contribution is 2.71. The van der Waals surface area contributed by atoms with Crippen molar-refractivity contribution in [2.75, 3.05) is 0 Å². The minimum Gasteiger partial charge on any atom is -0.515 e. The zero-order valence-corrected chi connectivity index (χ0v) is 16.8. The van der Waals surface area contributed by atoms with Gasteiger partial charge >= 0.3 is 0 Å². The predicted octanol–water partition coefficient (Wildman–Crippen LogP) is 2.59. The highest BCUT2D eigenvalue weighted by molar-refractivity contribution is 6.04. The molecule has 5 nitrogen and oxygen atoms in total. The maximum Gasteiger partial charge on any atom is 0.171 e. The number of rotatable bonds is 2. The molecule has 0 saturated heterocycles. The van der Waals surface area contributed by atoms with Crippen molar-refractivity contribution >= 4 is 5.78 Å². The molecule has 4 aliphatic carbocycles. The molecular weight excluding hydrogens is 332 g/mol. The Morgan fingerprint density at radius 3 is 2.27 bits per heavy atom. The molecule has 0 aromatic rings. The van der Waals surface area contributed by atoms with Crippen LogP contribution in [0.2, 0.25) is 0 Å². The van der Waals surface area contributed by atoms with Crippen LogP contribution in [0.15, 0.2) is 11.8 Å². The molecule has 0 heterocycles. The molecule has 0 aliphatic heterocycles. The van der Waals surface area contributed by atoms with Gasteiger partial charge in [-0.05, 0) is 44.4 Å². The number of fused-ring (bicyclic) bond motifs is 2. The van der Waals surface area contributed by atoms with Crippen LogP contribution in [0.4, 0.5) is 0 Å². The quantitative estimate of drug-likeness (QED) is 0.445. The monoisotopic (exact) mass is 366 g/mol. The molecule has 4 fully saturated rings. The van der Waals surface area contributed by atoms with Gasteiger partial charge in [0, 0.05) is 17.3 Å². The van der Waals surface area contributed by atoms with Gasteiger partial charge in [0.2, 0.25) is 0 Å². The number of ketones is 1. The lowest BCUT2D eigenvalue weighted by Gasteiger charge is -2.72. The van der Waals surface area contributed by atoms with Crippen molar-refractivity contribution in [1.82, 2.24) is 0 Å². The fraction of sp³-hybridized carbons (Fsp3) is 0.857. The van der Waals surface area contributed by atoms with Gasteiger partial charge in [-0.2, -0.15) is 0 Å². The normalized spacial score (nSPS) is 56.5. The molecule has 26 heavy (non-hydrogen) atoms. The molecule has 148 valence electrons. The number of aliphatic hydroxyl groups excluding tert-OH is 1. The van der Waals surface area contributed by atoms with E-state index in [1.807, 2.05) is 27.7 Å². The number of carbonyl (C=O) groups excluding carboxylic acids is 1. The number of Topliss-reactive ketones (excluding diaryl/α,β-unsaturated/α-hetero) is 1. The van der Waals surface area contributed by atoms with Crippen molar-refractivity contribution in [2.45, 2.75) is 77.6 Å². The van der Waals surface area contributed by atoms with E-state index in [-0.39, 0.29) is 29.1 Å². The van der Waals surface area contributed by atoms with Crippen molar-refractivity contribution < 1.29 is 25.2 Å². The second-order valence-electron chi connectivity index (χ2n) is 9.95. The summed E-state index contributed by atoms with van der Waals surface area (Å²) < 4.78 is 0. The first-order chi connectivity index (χ1) is 11.8. The molecule has 4 saturated carbocycles. The summed E-state index contributed by atoms with van der Waals surface area (Å²) in [5, 5.41) is 44.1. The smallest absolute Gasteiger partial charge is 0.171 e. The summed E-state index contributed by atoms with van der Waals surface area (Å²) in [7, 11) is 0. The second-order valence-corrected chi connectivity index (χ2v) is 9.95.